The summed E-state index contributed by atoms with van der Waals surface area (Å²) < 4.78 is 23.7. The fourth-order valence-electron chi connectivity index (χ4n) is 6.95. The molecule has 2 aromatic carbocycles. The van der Waals surface area contributed by atoms with E-state index in [0.717, 1.165) is 35.7 Å². The normalized spacial score (nSPS) is 29.6. The van der Waals surface area contributed by atoms with Gasteiger partial charge in [-0.15, -0.1) is 0 Å². The minimum Gasteiger partial charge on any atom is -0.305 e. The van der Waals surface area contributed by atoms with Gasteiger partial charge >= 0.3 is 0 Å². The van der Waals surface area contributed by atoms with Gasteiger partial charge < -0.3 is 9.80 Å². The van der Waals surface area contributed by atoms with Crippen LogP contribution in [-0.4, -0.2) is 45.4 Å². The Bertz CT molecular complexity index is 1110. The van der Waals surface area contributed by atoms with E-state index in [0.29, 0.717) is 24.3 Å². The summed E-state index contributed by atoms with van der Waals surface area (Å²) in [6.07, 6.45) is 7.14. The van der Waals surface area contributed by atoms with Crippen LogP contribution in [0.15, 0.2) is 41.3 Å². The standard InChI is InChI=1S/C24H31N3O3S/c1-26(2)15-23(28)27(24-12-16-8-17(13-24)10-18(9-16)14-24)22-5-3-4-19-11-20(31(25,29)30)6-7-21(19)22/h3-7,11,16-18H,8-10,12-15H2,1-2H3,(H2,25,29,30). The number of sulfonamides is 1. The highest BCUT2D eigenvalue weighted by Crippen LogP contribution is 2.58. The number of hydrogen-bond donors (Lipinski definition) is 1. The summed E-state index contributed by atoms with van der Waals surface area (Å²) in [4.78, 5) is 17.8. The number of benzene rings is 2. The van der Waals surface area contributed by atoms with Gasteiger partial charge in [0.25, 0.3) is 0 Å². The average Bonchev–Trinajstić information content (AvgIpc) is 2.65. The number of carbonyl (C=O) groups excluding carboxylic acids is 1. The fourth-order valence-corrected chi connectivity index (χ4v) is 7.50. The highest BCUT2D eigenvalue weighted by molar-refractivity contribution is 7.89. The fraction of sp³-hybridized carbons (Fsp3) is 0.542. The summed E-state index contributed by atoms with van der Waals surface area (Å²) in [7, 11) is 0.0720. The van der Waals surface area contributed by atoms with Crippen LogP contribution in [0.3, 0.4) is 0 Å². The molecule has 0 spiro atoms. The van der Waals surface area contributed by atoms with E-state index in [1.807, 2.05) is 37.2 Å². The van der Waals surface area contributed by atoms with E-state index in [2.05, 4.69) is 4.90 Å². The molecule has 0 aromatic heterocycles. The highest BCUT2D eigenvalue weighted by atomic mass is 32.2. The predicted molar refractivity (Wildman–Crippen MR) is 122 cm³/mol. The molecule has 0 radical (unpaired) electrons. The molecule has 4 aliphatic rings. The van der Waals surface area contributed by atoms with Gasteiger partial charge in [-0.25, -0.2) is 13.6 Å². The molecule has 4 bridgehead atoms. The zero-order chi connectivity index (χ0) is 22.0. The van der Waals surface area contributed by atoms with E-state index in [9.17, 15) is 13.2 Å². The number of anilines is 1. The van der Waals surface area contributed by atoms with E-state index in [1.165, 1.54) is 19.3 Å². The molecule has 0 aliphatic heterocycles. The maximum atomic E-state index is 13.7. The average molecular weight is 442 g/mol. The Hall–Kier alpha value is -1.96. The van der Waals surface area contributed by atoms with Crippen molar-refractivity contribution in [3.8, 4) is 0 Å². The molecule has 4 saturated carbocycles. The maximum Gasteiger partial charge on any atom is 0.241 e. The first-order chi connectivity index (χ1) is 14.6. The van der Waals surface area contributed by atoms with Crippen molar-refractivity contribution in [2.24, 2.45) is 22.9 Å². The molecule has 0 atom stereocenters. The molecule has 0 unspecified atom stereocenters. The molecular weight excluding hydrogens is 410 g/mol. The van der Waals surface area contributed by atoms with E-state index in [1.54, 1.807) is 18.2 Å². The summed E-state index contributed by atoms with van der Waals surface area (Å²) in [6.45, 7) is 0.355. The number of fused-ring (bicyclic) bond motifs is 1. The molecule has 7 heteroatoms. The van der Waals surface area contributed by atoms with Crippen LogP contribution in [0.4, 0.5) is 5.69 Å². The van der Waals surface area contributed by atoms with Crippen LogP contribution in [0.25, 0.3) is 10.8 Å². The van der Waals surface area contributed by atoms with Gasteiger partial charge in [0.05, 0.1) is 17.1 Å². The zero-order valence-corrected chi connectivity index (χ0v) is 19.1. The van der Waals surface area contributed by atoms with Crippen molar-refractivity contribution in [3.63, 3.8) is 0 Å². The lowest BCUT2D eigenvalue weighted by Gasteiger charge is -2.60. The molecule has 6 nitrogen and oxygen atoms in total. The highest BCUT2D eigenvalue weighted by Gasteiger charge is 2.55. The Morgan fingerprint density at radius 1 is 1.03 bits per heavy atom. The Balaban J connectivity index is 1.66. The van der Waals surface area contributed by atoms with Gasteiger partial charge in [0, 0.05) is 10.9 Å². The number of likely N-dealkylation sites (N-methyl/N-ethyl adjacent to an activating group) is 1. The molecule has 0 saturated heterocycles. The Labute approximate surface area is 184 Å². The van der Waals surface area contributed by atoms with Gasteiger partial charge in [0.1, 0.15) is 0 Å². The lowest BCUT2D eigenvalue weighted by Crippen LogP contribution is -2.63. The number of hydrogen-bond acceptors (Lipinski definition) is 4. The molecule has 4 fully saturated rings. The second-order valence-corrected chi connectivity index (χ2v) is 11.9. The first-order valence-corrected chi connectivity index (χ1v) is 12.7. The Morgan fingerprint density at radius 3 is 2.19 bits per heavy atom. The first kappa shape index (κ1) is 20.9. The monoisotopic (exact) mass is 441 g/mol. The maximum absolute atomic E-state index is 13.7. The summed E-state index contributed by atoms with van der Waals surface area (Å²) in [5, 5.41) is 7.04. The lowest BCUT2D eigenvalue weighted by atomic mass is 9.52. The molecule has 166 valence electrons. The van der Waals surface area contributed by atoms with Crippen LogP contribution in [-0.2, 0) is 14.8 Å². The summed E-state index contributed by atoms with van der Waals surface area (Å²) >= 11 is 0. The van der Waals surface area contributed by atoms with Crippen LogP contribution in [0.1, 0.15) is 38.5 Å². The number of rotatable bonds is 5. The second kappa shape index (κ2) is 7.29. The van der Waals surface area contributed by atoms with Crippen molar-refractivity contribution in [3.05, 3.63) is 36.4 Å². The molecule has 31 heavy (non-hydrogen) atoms. The van der Waals surface area contributed by atoms with Crippen LogP contribution in [0.5, 0.6) is 0 Å². The smallest absolute Gasteiger partial charge is 0.241 e. The Kier molecular flexibility index (Phi) is 4.92. The lowest BCUT2D eigenvalue weighted by molar-refractivity contribution is -0.122. The summed E-state index contributed by atoms with van der Waals surface area (Å²) in [5.41, 5.74) is 0.765. The van der Waals surface area contributed by atoms with Gasteiger partial charge in [-0.2, -0.15) is 0 Å². The largest absolute Gasteiger partial charge is 0.305 e. The van der Waals surface area contributed by atoms with Crippen molar-refractivity contribution in [1.82, 2.24) is 4.90 Å². The zero-order valence-electron chi connectivity index (χ0n) is 18.3. The minimum absolute atomic E-state index is 0.0955. The van der Waals surface area contributed by atoms with E-state index >= 15 is 0 Å². The van der Waals surface area contributed by atoms with Crippen molar-refractivity contribution >= 4 is 32.4 Å². The molecule has 2 aromatic rings. The molecule has 4 aliphatic carbocycles. The van der Waals surface area contributed by atoms with Gasteiger partial charge in [-0.1, -0.05) is 18.2 Å². The number of carbonyl (C=O) groups is 1. The minimum atomic E-state index is -3.78. The van der Waals surface area contributed by atoms with E-state index in [-0.39, 0.29) is 16.3 Å². The number of amides is 1. The van der Waals surface area contributed by atoms with Crippen LogP contribution < -0.4 is 10.0 Å². The summed E-state index contributed by atoms with van der Waals surface area (Å²) in [5.74, 6) is 2.26. The van der Waals surface area contributed by atoms with E-state index in [4.69, 9.17) is 5.14 Å². The molecule has 1 amide bonds. The molecule has 0 heterocycles. The van der Waals surface area contributed by atoms with Crippen LogP contribution in [0.2, 0.25) is 0 Å². The first-order valence-electron chi connectivity index (χ1n) is 11.2. The van der Waals surface area contributed by atoms with Crippen LogP contribution in [0, 0.1) is 17.8 Å². The third-order valence-electron chi connectivity index (χ3n) is 7.58. The summed E-state index contributed by atoms with van der Waals surface area (Å²) in [6, 6.07) is 10.8. The van der Waals surface area contributed by atoms with Gasteiger partial charge in [-0.3, -0.25) is 4.79 Å². The second-order valence-electron chi connectivity index (χ2n) is 10.3. The molecule has 2 N–H and O–H groups in total. The van der Waals surface area contributed by atoms with Crippen molar-refractivity contribution < 1.29 is 13.2 Å². The van der Waals surface area contributed by atoms with E-state index < -0.39 is 10.0 Å². The van der Waals surface area contributed by atoms with Gasteiger partial charge in [-0.05, 0) is 94.0 Å². The topological polar surface area (TPSA) is 83.7 Å². The number of nitrogens with zero attached hydrogens (tertiary/aromatic N) is 2. The number of primary sulfonamides is 1. The van der Waals surface area contributed by atoms with Gasteiger partial charge in [0.2, 0.25) is 15.9 Å². The third-order valence-corrected chi connectivity index (χ3v) is 8.49. The van der Waals surface area contributed by atoms with Gasteiger partial charge in [0.15, 0.2) is 0 Å². The third kappa shape index (κ3) is 3.66. The SMILES string of the molecule is CN(C)CC(=O)N(c1cccc2cc(S(N)(=O)=O)ccc12)C12CC3CC(CC(C3)C1)C2. The Morgan fingerprint density at radius 2 is 1.65 bits per heavy atom. The number of nitrogens with two attached hydrogens (primary N) is 1. The van der Waals surface area contributed by atoms with Crippen molar-refractivity contribution in [2.75, 3.05) is 25.5 Å². The quantitative estimate of drug-likeness (QED) is 0.771. The van der Waals surface area contributed by atoms with Crippen LogP contribution >= 0.6 is 0 Å². The van der Waals surface area contributed by atoms with Crippen molar-refractivity contribution in [1.29, 1.82) is 0 Å². The predicted octanol–water partition coefficient (Wildman–Crippen LogP) is 3.35. The molecule has 6 rings (SSSR count). The molecular formula is C24H31N3O3S. The van der Waals surface area contributed by atoms with Crippen molar-refractivity contribution in [2.45, 2.75) is 49.0 Å².